The topological polar surface area (TPSA) is 93.1 Å². The summed E-state index contributed by atoms with van der Waals surface area (Å²) in [5.74, 6) is -0.423. The lowest BCUT2D eigenvalue weighted by Crippen LogP contribution is -2.62. The fourth-order valence-corrected chi connectivity index (χ4v) is 5.60. The van der Waals surface area contributed by atoms with Crippen LogP contribution in [-0.2, 0) is 4.79 Å². The van der Waals surface area contributed by atoms with Crippen LogP contribution >= 0.6 is 11.6 Å². The van der Waals surface area contributed by atoms with E-state index in [4.69, 9.17) is 11.6 Å². The predicted molar refractivity (Wildman–Crippen MR) is 131 cm³/mol. The van der Waals surface area contributed by atoms with Crippen molar-refractivity contribution >= 4 is 29.1 Å². The number of nitrogens with one attached hydrogen (secondary N) is 1. The van der Waals surface area contributed by atoms with Crippen LogP contribution in [-0.4, -0.2) is 69.8 Å². The highest BCUT2D eigenvalue weighted by molar-refractivity contribution is 6.30. The number of halogens is 1. The van der Waals surface area contributed by atoms with Crippen molar-refractivity contribution in [3.8, 4) is 11.1 Å². The summed E-state index contributed by atoms with van der Waals surface area (Å²) in [4.78, 5) is 29.9. The molecule has 2 aliphatic heterocycles. The molecule has 2 heterocycles. The minimum atomic E-state index is -1.05. The molecule has 0 bridgehead atoms. The third-order valence-corrected chi connectivity index (χ3v) is 7.73. The van der Waals surface area contributed by atoms with Crippen molar-refractivity contribution in [3.05, 3.63) is 53.1 Å². The zero-order valence-corrected chi connectivity index (χ0v) is 19.7. The molecule has 2 fully saturated rings. The zero-order chi connectivity index (χ0) is 23.8. The van der Waals surface area contributed by atoms with Gasteiger partial charge in [-0.2, -0.15) is 0 Å². The maximum absolute atomic E-state index is 13.5. The Bertz CT molecular complexity index is 1070. The molecule has 1 aliphatic carbocycles. The fraction of sp³-hybridized carbons (Fsp3) is 0.462. The lowest BCUT2D eigenvalue weighted by molar-refractivity contribution is -0.137. The first kappa shape index (κ1) is 23.3. The number of nitrogens with zero attached hydrogens (tertiary/aromatic N) is 2. The van der Waals surface area contributed by atoms with E-state index in [0.29, 0.717) is 29.4 Å². The average Bonchev–Trinajstić information content (AvgIpc) is 2.98. The molecule has 2 amide bonds. The van der Waals surface area contributed by atoms with E-state index in [9.17, 15) is 19.8 Å². The average molecular weight is 484 g/mol. The van der Waals surface area contributed by atoms with Crippen LogP contribution < -0.4 is 5.32 Å². The lowest BCUT2D eigenvalue weighted by Gasteiger charge is -2.43. The van der Waals surface area contributed by atoms with Crippen LogP contribution in [0.4, 0.5) is 5.69 Å². The molecule has 3 atom stereocenters. The van der Waals surface area contributed by atoms with E-state index in [-0.39, 0.29) is 24.3 Å². The summed E-state index contributed by atoms with van der Waals surface area (Å²) in [5, 5.41) is 25.2. The first-order valence-electron chi connectivity index (χ1n) is 12.0. The first-order valence-corrected chi connectivity index (χ1v) is 12.4. The van der Waals surface area contributed by atoms with Crippen molar-refractivity contribution in [1.29, 1.82) is 0 Å². The van der Waals surface area contributed by atoms with Gasteiger partial charge in [0.1, 0.15) is 12.3 Å². The van der Waals surface area contributed by atoms with Gasteiger partial charge in [0.15, 0.2) is 0 Å². The number of hydrogen-bond acceptors (Lipinski definition) is 5. The largest absolute Gasteiger partial charge is 0.389 e. The number of anilines is 1. The summed E-state index contributed by atoms with van der Waals surface area (Å²) in [6.07, 6.45) is 3.22. The zero-order valence-electron chi connectivity index (χ0n) is 19.0. The van der Waals surface area contributed by atoms with Crippen molar-refractivity contribution in [2.24, 2.45) is 5.92 Å². The number of aliphatic hydroxyl groups is 2. The maximum Gasteiger partial charge on any atom is 0.256 e. The molecular formula is C26H30ClN3O4. The van der Waals surface area contributed by atoms with Crippen molar-refractivity contribution in [3.63, 3.8) is 0 Å². The lowest BCUT2D eigenvalue weighted by atomic mass is 9.84. The SMILES string of the molecule is O=C1Nc2ccc(-c3ccc(Cl)cc3)cc2C(=O)N2CCN(C(O)C(O)C3CCCCC3)CC12. The molecule has 5 rings (SSSR count). The summed E-state index contributed by atoms with van der Waals surface area (Å²) in [6.45, 7) is 0.878. The van der Waals surface area contributed by atoms with Gasteiger partial charge >= 0.3 is 0 Å². The molecule has 2 aromatic rings. The van der Waals surface area contributed by atoms with Gasteiger partial charge in [0.25, 0.3) is 5.91 Å². The van der Waals surface area contributed by atoms with Crippen molar-refractivity contribution in [1.82, 2.24) is 9.80 Å². The van der Waals surface area contributed by atoms with Crippen LogP contribution in [0.5, 0.6) is 0 Å². The number of carbonyl (C=O) groups is 2. The molecule has 180 valence electrons. The summed E-state index contributed by atoms with van der Waals surface area (Å²) in [6, 6.07) is 12.1. The number of aliphatic hydroxyl groups excluding tert-OH is 2. The molecule has 1 saturated heterocycles. The van der Waals surface area contributed by atoms with Gasteiger partial charge in [-0.25, -0.2) is 0 Å². The number of amides is 2. The summed E-state index contributed by atoms with van der Waals surface area (Å²) >= 11 is 6.00. The smallest absolute Gasteiger partial charge is 0.256 e. The Morgan fingerprint density at radius 2 is 1.65 bits per heavy atom. The van der Waals surface area contributed by atoms with Gasteiger partial charge in [0.05, 0.1) is 17.4 Å². The molecule has 3 unspecified atom stereocenters. The van der Waals surface area contributed by atoms with Crippen molar-refractivity contribution in [2.75, 3.05) is 25.0 Å². The molecule has 3 N–H and O–H groups in total. The Balaban J connectivity index is 1.35. The molecular weight excluding hydrogens is 454 g/mol. The summed E-state index contributed by atoms with van der Waals surface area (Å²) < 4.78 is 0. The van der Waals surface area contributed by atoms with E-state index in [1.807, 2.05) is 18.2 Å². The summed E-state index contributed by atoms with van der Waals surface area (Å²) in [5.41, 5.74) is 2.72. The summed E-state index contributed by atoms with van der Waals surface area (Å²) in [7, 11) is 0. The van der Waals surface area contributed by atoms with Gasteiger partial charge < -0.3 is 20.4 Å². The van der Waals surface area contributed by atoms with E-state index < -0.39 is 18.4 Å². The normalized spacial score (nSPS) is 23.5. The van der Waals surface area contributed by atoms with E-state index in [2.05, 4.69) is 5.32 Å². The third-order valence-electron chi connectivity index (χ3n) is 7.47. The highest BCUT2D eigenvalue weighted by atomic mass is 35.5. The third kappa shape index (κ3) is 4.45. The monoisotopic (exact) mass is 483 g/mol. The molecule has 8 heteroatoms. The van der Waals surface area contributed by atoms with Gasteiger partial charge in [-0.1, -0.05) is 49.1 Å². The van der Waals surface area contributed by atoms with Crippen molar-refractivity contribution < 1.29 is 19.8 Å². The van der Waals surface area contributed by atoms with E-state index in [0.717, 1.165) is 36.8 Å². The molecule has 0 spiro atoms. The van der Waals surface area contributed by atoms with Crippen LogP contribution in [0.1, 0.15) is 42.5 Å². The number of fused-ring (bicyclic) bond motifs is 2. The minimum absolute atomic E-state index is 0.0712. The van der Waals surface area contributed by atoms with Crippen LogP contribution in [0.3, 0.4) is 0 Å². The van der Waals surface area contributed by atoms with Crippen LogP contribution in [0.2, 0.25) is 5.02 Å². The number of benzene rings is 2. The number of carbonyl (C=O) groups excluding carboxylic acids is 2. The fourth-order valence-electron chi connectivity index (χ4n) is 5.47. The number of rotatable bonds is 4. The Morgan fingerprint density at radius 3 is 2.38 bits per heavy atom. The van der Waals surface area contributed by atoms with Gasteiger partial charge in [0.2, 0.25) is 5.91 Å². The minimum Gasteiger partial charge on any atom is -0.389 e. The number of hydrogen-bond donors (Lipinski definition) is 3. The molecule has 2 aromatic carbocycles. The first-order chi connectivity index (χ1) is 16.4. The molecule has 34 heavy (non-hydrogen) atoms. The van der Waals surface area contributed by atoms with E-state index >= 15 is 0 Å². The van der Waals surface area contributed by atoms with Gasteiger partial charge in [-0.15, -0.1) is 0 Å². The van der Waals surface area contributed by atoms with Crippen LogP contribution in [0, 0.1) is 5.92 Å². The van der Waals surface area contributed by atoms with Crippen molar-refractivity contribution in [2.45, 2.75) is 50.5 Å². The second kappa shape index (κ2) is 9.66. The number of piperazine rings is 1. The molecule has 0 radical (unpaired) electrons. The predicted octanol–water partition coefficient (Wildman–Crippen LogP) is 3.35. The Kier molecular flexibility index (Phi) is 6.62. The maximum atomic E-state index is 13.5. The second-order valence-corrected chi connectivity index (χ2v) is 10.0. The highest BCUT2D eigenvalue weighted by Gasteiger charge is 2.42. The van der Waals surface area contributed by atoms with E-state index in [1.165, 1.54) is 6.42 Å². The van der Waals surface area contributed by atoms with E-state index in [1.54, 1.807) is 34.1 Å². The van der Waals surface area contributed by atoms with Crippen LogP contribution in [0.25, 0.3) is 11.1 Å². The molecule has 7 nitrogen and oxygen atoms in total. The second-order valence-electron chi connectivity index (χ2n) is 9.57. The van der Waals surface area contributed by atoms with Gasteiger partial charge in [-0.3, -0.25) is 14.5 Å². The standard InChI is InChI=1S/C26H30ClN3O4/c27-19-9-6-16(7-10-19)18-8-11-21-20(14-18)25(33)30-13-12-29(15-22(30)24(32)28-21)26(34)23(31)17-4-2-1-3-5-17/h6-11,14,17,22-23,26,31,34H,1-5,12-13,15H2,(H,28,32). The van der Waals surface area contributed by atoms with Crippen LogP contribution in [0.15, 0.2) is 42.5 Å². The Labute approximate surface area is 204 Å². The Morgan fingerprint density at radius 1 is 0.941 bits per heavy atom. The molecule has 0 aromatic heterocycles. The quantitative estimate of drug-likeness (QED) is 0.620. The Hall–Kier alpha value is -2.45. The highest BCUT2D eigenvalue weighted by Crippen LogP contribution is 2.32. The molecule has 3 aliphatic rings. The molecule has 1 saturated carbocycles. The van der Waals surface area contributed by atoms with Gasteiger partial charge in [0, 0.05) is 24.7 Å². The van der Waals surface area contributed by atoms with Gasteiger partial charge in [-0.05, 0) is 54.2 Å².